The van der Waals surface area contributed by atoms with Crippen LogP contribution >= 0.6 is 7.92 Å². The molecule has 0 aliphatic carbocycles. The summed E-state index contributed by atoms with van der Waals surface area (Å²) >= 11 is 0. The van der Waals surface area contributed by atoms with Gasteiger partial charge in [0.2, 0.25) is 0 Å². The van der Waals surface area contributed by atoms with Crippen LogP contribution in [0.15, 0.2) is 36.4 Å². The number of ether oxygens (including phenoxy) is 2. The number of nitrogens with one attached hydrogen (secondary N) is 1. The Hall–Kier alpha value is -3.72. The monoisotopic (exact) mass is 568 g/mol. The van der Waals surface area contributed by atoms with Crippen LogP contribution in [0.1, 0.15) is 30.3 Å². The third-order valence-electron chi connectivity index (χ3n) is 6.86. The summed E-state index contributed by atoms with van der Waals surface area (Å²) in [4.78, 5) is 53.3. The molecule has 3 heterocycles. The fourth-order valence-electron chi connectivity index (χ4n) is 4.66. The molecule has 2 atom stereocenters. The van der Waals surface area contributed by atoms with Crippen LogP contribution in [0, 0.1) is 5.63 Å². The van der Waals surface area contributed by atoms with Crippen LogP contribution in [0.3, 0.4) is 0 Å². The van der Waals surface area contributed by atoms with E-state index in [4.69, 9.17) is 14.5 Å². The number of carbonyl (C=O) groups excluding carboxylic acids is 3. The first-order valence-corrected chi connectivity index (χ1v) is 14.0. The van der Waals surface area contributed by atoms with Gasteiger partial charge in [-0.25, -0.2) is 0 Å². The van der Waals surface area contributed by atoms with Gasteiger partial charge in [-0.1, -0.05) is 0 Å². The Morgan fingerprint density at radius 2 is 1.82 bits per heavy atom. The zero-order valence-corrected chi connectivity index (χ0v) is 23.5. The van der Waals surface area contributed by atoms with E-state index in [1.54, 1.807) is 25.0 Å². The zero-order valence-electron chi connectivity index (χ0n) is 22.6. The fourth-order valence-corrected chi connectivity index (χ4v) is 4.92. The van der Waals surface area contributed by atoms with Gasteiger partial charge >= 0.3 is 227 Å². The van der Waals surface area contributed by atoms with Crippen molar-refractivity contribution in [2.45, 2.75) is 31.9 Å². The van der Waals surface area contributed by atoms with Crippen LogP contribution in [0.4, 0.5) is 10.6 Å². The van der Waals surface area contributed by atoms with Crippen molar-refractivity contribution in [3.63, 3.8) is 0 Å². The third-order valence-corrected chi connectivity index (χ3v) is 7.17. The van der Waals surface area contributed by atoms with E-state index in [-0.39, 0.29) is 51.7 Å². The molecule has 3 amide bonds. The predicted octanol–water partition coefficient (Wildman–Crippen LogP) is 2.41. The number of aromatic nitrogens is 2. The van der Waals surface area contributed by atoms with E-state index in [9.17, 15) is 18.9 Å². The third kappa shape index (κ3) is 7.27. The SMILES string of the molecule is CCOC(=O)N1CCN(C(=O)[C@@H](CC#P=O)NC(=O)c2cc(N3CC[C@H](OC)C3)nc(-c3ccccc3)n2)CC1. The molecule has 2 aliphatic heterocycles. The van der Waals surface area contributed by atoms with E-state index in [2.05, 4.69) is 15.9 Å². The summed E-state index contributed by atoms with van der Waals surface area (Å²) in [5.74, 6) is 0.0650. The first-order valence-electron chi connectivity index (χ1n) is 13.2. The van der Waals surface area contributed by atoms with Gasteiger partial charge in [0.25, 0.3) is 0 Å². The molecule has 0 bridgehead atoms. The summed E-state index contributed by atoms with van der Waals surface area (Å²) < 4.78 is 21.7. The van der Waals surface area contributed by atoms with Gasteiger partial charge in [0.05, 0.1) is 0 Å². The molecule has 0 saturated carbocycles. The molecule has 0 spiro atoms. The normalized spacial score (nSPS) is 17.6. The molecule has 2 aromatic rings. The van der Waals surface area contributed by atoms with E-state index in [0.717, 1.165) is 18.5 Å². The Balaban J connectivity index is 1.54. The van der Waals surface area contributed by atoms with E-state index < -0.39 is 18.0 Å². The number of nitrogens with zero attached hydrogens (tertiary/aromatic N) is 5. The Morgan fingerprint density at radius 1 is 1.10 bits per heavy atom. The molecule has 2 fully saturated rings. The summed E-state index contributed by atoms with van der Waals surface area (Å²) in [6, 6.07) is 9.95. The summed E-state index contributed by atoms with van der Waals surface area (Å²) in [6.45, 7) is 4.55. The zero-order chi connectivity index (χ0) is 28.5. The Kier molecular flexibility index (Phi) is 10.3. The first-order chi connectivity index (χ1) is 19.4. The quantitative estimate of drug-likeness (QED) is 0.477. The number of benzene rings is 1. The first kappa shape index (κ1) is 29.3. The van der Waals surface area contributed by atoms with Crippen molar-refractivity contribution in [3.8, 4) is 17.0 Å². The Bertz CT molecular complexity index is 1320. The van der Waals surface area contributed by atoms with E-state index in [1.807, 2.05) is 35.2 Å². The second-order valence-corrected chi connectivity index (χ2v) is 9.88. The Morgan fingerprint density at radius 3 is 2.48 bits per heavy atom. The molecule has 4 rings (SSSR count). The number of piperazine rings is 1. The van der Waals surface area contributed by atoms with Gasteiger partial charge in [-0.15, -0.1) is 0 Å². The summed E-state index contributed by atoms with van der Waals surface area (Å²) in [5.41, 5.74) is 3.44. The number of anilines is 1. The molecule has 1 N–H and O–H groups in total. The molecular weight excluding hydrogens is 535 g/mol. The van der Waals surface area contributed by atoms with Gasteiger partial charge < -0.3 is 0 Å². The molecular formula is C27H33N6O6P. The van der Waals surface area contributed by atoms with Crippen molar-refractivity contribution in [3.05, 3.63) is 42.1 Å². The number of hydrogen-bond acceptors (Lipinski definition) is 9. The van der Waals surface area contributed by atoms with Crippen molar-refractivity contribution < 1.29 is 28.4 Å². The molecule has 2 aliphatic rings. The van der Waals surface area contributed by atoms with Crippen LogP contribution in [-0.4, -0.2) is 103 Å². The molecule has 13 heteroatoms. The minimum atomic E-state index is -1.01. The van der Waals surface area contributed by atoms with Crippen molar-refractivity contribution >= 4 is 31.6 Å². The molecule has 0 unspecified atom stereocenters. The second kappa shape index (κ2) is 14.1. The number of rotatable bonds is 8. The van der Waals surface area contributed by atoms with E-state index >= 15 is 0 Å². The molecule has 1 aromatic carbocycles. The number of amides is 3. The predicted molar refractivity (Wildman–Crippen MR) is 148 cm³/mol. The number of carbonyl (C=O) groups is 3. The van der Waals surface area contributed by atoms with Crippen molar-refractivity contribution in [2.75, 3.05) is 57.9 Å². The van der Waals surface area contributed by atoms with E-state index in [0.29, 0.717) is 31.3 Å². The summed E-state index contributed by atoms with van der Waals surface area (Å²) in [6.07, 6.45) is 0.424. The minimum absolute atomic E-state index is 0.0567. The van der Waals surface area contributed by atoms with Gasteiger partial charge in [-0.3, -0.25) is 0 Å². The van der Waals surface area contributed by atoms with Crippen molar-refractivity contribution in [2.24, 2.45) is 0 Å². The van der Waals surface area contributed by atoms with Crippen LogP contribution in [-0.2, 0) is 18.8 Å². The average Bonchev–Trinajstić information content (AvgIpc) is 3.49. The van der Waals surface area contributed by atoms with Gasteiger partial charge in [-0.05, 0) is 0 Å². The average molecular weight is 569 g/mol. The van der Waals surface area contributed by atoms with Gasteiger partial charge in [0.15, 0.2) is 0 Å². The second-order valence-electron chi connectivity index (χ2n) is 9.38. The van der Waals surface area contributed by atoms with Crippen LogP contribution in [0.2, 0.25) is 0 Å². The molecule has 40 heavy (non-hydrogen) atoms. The summed E-state index contributed by atoms with van der Waals surface area (Å²) in [5, 5.41) is 2.76. The standard InChI is InChI=1S/C27H33N6O6P/c1-3-39-27(36)32-14-12-31(13-15-32)26(35)21(10-16-40-37)29-25(34)22-17-23(33-11-9-20(18-33)38-2)30-24(28-22)19-7-5-4-6-8-19/h4-8,17,20-21H,3,9-15,18H2,1-2H3,(H,29,34)/t20-,21+/m0/s1. The molecule has 212 valence electrons. The number of methoxy groups -OCH3 is 1. The summed E-state index contributed by atoms with van der Waals surface area (Å²) in [7, 11) is 1.30. The Labute approximate surface area is 234 Å². The van der Waals surface area contributed by atoms with Gasteiger partial charge in [-0.2, -0.15) is 0 Å². The van der Waals surface area contributed by atoms with Crippen LogP contribution < -0.4 is 10.2 Å². The number of hydrogen-bond donors (Lipinski definition) is 1. The van der Waals surface area contributed by atoms with Crippen LogP contribution in [0.25, 0.3) is 11.4 Å². The molecule has 2 saturated heterocycles. The van der Waals surface area contributed by atoms with Crippen molar-refractivity contribution in [1.82, 2.24) is 25.1 Å². The van der Waals surface area contributed by atoms with E-state index in [1.165, 1.54) is 4.90 Å². The van der Waals surface area contributed by atoms with Crippen LogP contribution in [0.5, 0.6) is 0 Å². The fraction of sp³-hybridized carbons (Fsp3) is 0.481. The van der Waals surface area contributed by atoms with Crippen molar-refractivity contribution in [1.29, 1.82) is 0 Å². The topological polar surface area (TPSA) is 134 Å². The molecule has 12 nitrogen and oxygen atoms in total. The maximum absolute atomic E-state index is 13.5. The molecule has 1 aromatic heterocycles. The molecule has 0 radical (unpaired) electrons. The van der Waals surface area contributed by atoms with Gasteiger partial charge in [0, 0.05) is 7.11 Å². The van der Waals surface area contributed by atoms with Gasteiger partial charge in [0.1, 0.15) is 0 Å². The maximum atomic E-state index is 13.5.